The average molecular weight is 1220 g/mol. The van der Waals surface area contributed by atoms with Gasteiger partial charge in [-0.1, -0.05) is 145 Å². The lowest BCUT2D eigenvalue weighted by Crippen LogP contribution is -1.95. The number of fused-ring (bicyclic) bond motifs is 20. The van der Waals surface area contributed by atoms with Crippen LogP contribution in [-0.4, -0.2) is 47.6 Å². The molecule has 0 saturated heterocycles. The summed E-state index contributed by atoms with van der Waals surface area (Å²) in [6, 6.07) is 88.3. The third-order valence-electron chi connectivity index (χ3n) is 17.0. The Balaban J connectivity index is 0.000000122. The van der Waals surface area contributed by atoms with Gasteiger partial charge in [-0.25, -0.2) is 15.0 Å². The molecule has 0 unspecified atom stereocenters. The van der Waals surface area contributed by atoms with Crippen molar-refractivity contribution in [3.63, 3.8) is 0 Å². The van der Waals surface area contributed by atoms with Crippen molar-refractivity contribution in [3.05, 3.63) is 296 Å². The quantitative estimate of drug-likeness (QED) is 0.137. The van der Waals surface area contributed by atoms with Gasteiger partial charge in [-0.15, -0.1) is 0 Å². The van der Waals surface area contributed by atoms with Crippen LogP contribution in [0.25, 0.3) is 149 Å². The van der Waals surface area contributed by atoms with Crippen molar-refractivity contribution in [2.45, 2.75) is 0 Å². The molecule has 0 bridgehead atoms. The predicted molar refractivity (Wildman–Crippen MR) is 366 cm³/mol. The summed E-state index contributed by atoms with van der Waals surface area (Å²) in [6.45, 7) is 0. The highest BCUT2D eigenvalue weighted by molar-refractivity contribution is 9.10. The summed E-state index contributed by atoms with van der Waals surface area (Å²) in [5.74, 6) is 0.871. The molecule has 0 atom stereocenters. The fourth-order valence-corrected chi connectivity index (χ4v) is 13.7. The topological polar surface area (TPSA) is 91.5 Å². The minimum absolute atomic E-state index is 0.646. The van der Waals surface area contributed by atoms with E-state index in [1.54, 1.807) is 24.5 Å². The van der Waals surface area contributed by atoms with Crippen molar-refractivity contribution in [1.82, 2.24) is 47.6 Å². The van der Waals surface area contributed by atoms with Crippen molar-refractivity contribution in [1.29, 1.82) is 0 Å². The zero-order valence-electron chi connectivity index (χ0n) is 46.9. The summed E-state index contributed by atoms with van der Waals surface area (Å²) in [5, 5.41) is 12.7. The van der Waals surface area contributed by atoms with Gasteiger partial charge in [-0.05, 0) is 131 Å². The van der Waals surface area contributed by atoms with E-state index >= 15 is 0 Å². The fourth-order valence-electron chi connectivity index (χ4n) is 13.4. The summed E-state index contributed by atoms with van der Waals surface area (Å²) in [7, 11) is 0. The zero-order valence-corrected chi connectivity index (χ0v) is 49.3. The van der Waals surface area contributed by atoms with Crippen molar-refractivity contribution in [2.24, 2.45) is 0 Å². The Morgan fingerprint density at radius 3 is 1.41 bits per heavy atom. The Morgan fingerprint density at radius 1 is 0.341 bits per heavy atom. The molecule has 9 aromatic heterocycles. The van der Waals surface area contributed by atoms with Crippen molar-refractivity contribution >= 4 is 142 Å². The number of halogens is 2. The fraction of sp³-hybridized carbons (Fsp3) is 0. The summed E-state index contributed by atoms with van der Waals surface area (Å²) < 4.78 is 12.5. The van der Waals surface area contributed by atoms with Crippen molar-refractivity contribution in [2.75, 3.05) is 0 Å². The predicted octanol–water partition coefficient (Wildman–Crippen LogP) is 20.0. The Bertz CT molecular complexity index is 5870. The highest BCUT2D eigenvalue weighted by Crippen LogP contribution is 2.46. The molecule has 0 amide bonds. The van der Waals surface area contributed by atoms with Crippen LogP contribution in [-0.2, 0) is 0 Å². The number of aromatic nitrogens is 10. The van der Waals surface area contributed by atoms with Crippen LogP contribution in [0.15, 0.2) is 291 Å². The van der Waals surface area contributed by atoms with Crippen LogP contribution in [0.4, 0.5) is 0 Å². The van der Waals surface area contributed by atoms with Crippen LogP contribution in [0, 0.1) is 0 Å². The molecule has 0 radical (unpaired) electrons. The van der Waals surface area contributed by atoms with Crippen LogP contribution in [0.1, 0.15) is 0 Å². The highest BCUT2D eigenvalue weighted by atomic mass is 79.9. The SMILES string of the molecule is Clc1cccnc1Br.c1ccc(-n2c3cc(-c4ncc[nH]4)ccc3c3c2ccc2c4ccccc4n(-c4ccccc4)c23)cc1.c1ccc(-n2c3cc4c(cc3c3c2ccc2c5ccccc5n(-c5ccccc5)c23)c2ncccc2n2ccnc42)cc1. The van der Waals surface area contributed by atoms with Gasteiger partial charge in [0.25, 0.3) is 0 Å². The van der Waals surface area contributed by atoms with Gasteiger partial charge in [0.15, 0.2) is 0 Å². The maximum Gasteiger partial charge on any atom is 0.145 e. The van der Waals surface area contributed by atoms with Gasteiger partial charge >= 0.3 is 0 Å². The molecule has 0 aliphatic rings. The maximum atomic E-state index is 5.60. The summed E-state index contributed by atoms with van der Waals surface area (Å²) in [4.78, 5) is 21.3. The lowest BCUT2D eigenvalue weighted by atomic mass is 10.0. The summed E-state index contributed by atoms with van der Waals surface area (Å²) in [5.41, 5.74) is 18.1. The van der Waals surface area contributed by atoms with E-state index in [2.05, 4.69) is 284 Å². The first-order chi connectivity index (χ1) is 43.6. The van der Waals surface area contributed by atoms with E-state index in [1.807, 2.05) is 30.9 Å². The number of nitrogens with one attached hydrogen (secondary N) is 1. The van der Waals surface area contributed by atoms with E-state index in [0.717, 1.165) is 72.6 Å². The molecule has 0 fully saturated rings. The van der Waals surface area contributed by atoms with E-state index in [9.17, 15) is 0 Å². The number of hydrogen-bond donors (Lipinski definition) is 1. The molecule has 1 N–H and O–H groups in total. The van der Waals surface area contributed by atoms with E-state index in [-0.39, 0.29) is 0 Å². The molecule has 9 heterocycles. The molecule has 88 heavy (non-hydrogen) atoms. The van der Waals surface area contributed by atoms with Crippen LogP contribution in [0.2, 0.25) is 5.02 Å². The standard InChI is InChI=1S/C38H23N5.C33H22N4.C5H3BrClN/c1-3-10-24(11-4-1)42-32-18-17-27-26-14-7-8-15-31(26)43(25-12-5-2-6-13-25)37(27)35(32)30-22-28-29(23-34(30)42)38-40-20-21-41(38)33-16-9-19-39-36(28)33;1-3-9-23(10-4-1)36-29-18-17-26-25-13-7-8-14-28(25)37(24-11-5-2-6-12-24)32(26)31(29)27-16-15-22(21-30(27)36)33-34-19-20-35-33;6-5-4(7)2-1-3-8-5/h1-23H;1-21H,(H,34,35);1-3H. The second-order valence-electron chi connectivity index (χ2n) is 21.8. The van der Waals surface area contributed by atoms with Gasteiger partial charge < -0.3 is 23.3 Å². The largest absolute Gasteiger partial charge is 0.345 e. The number of rotatable bonds is 5. The molecule has 19 rings (SSSR count). The van der Waals surface area contributed by atoms with Gasteiger partial charge in [0.05, 0.1) is 60.2 Å². The Labute approximate surface area is 516 Å². The number of para-hydroxylation sites is 6. The number of aromatic amines is 1. The molecule has 12 heteroatoms. The van der Waals surface area contributed by atoms with Crippen LogP contribution >= 0.6 is 27.5 Å². The number of nitrogens with zero attached hydrogens (tertiary/aromatic N) is 9. The highest BCUT2D eigenvalue weighted by Gasteiger charge is 2.25. The number of hydrogen-bond acceptors (Lipinski definition) is 4. The molecule has 0 aliphatic carbocycles. The molecule has 0 saturated carbocycles. The third-order valence-corrected chi connectivity index (χ3v) is 18.2. The first-order valence-corrected chi connectivity index (χ1v) is 30.2. The minimum atomic E-state index is 0.646. The second-order valence-corrected chi connectivity index (χ2v) is 22.9. The Kier molecular flexibility index (Phi) is 12.2. The first-order valence-electron chi connectivity index (χ1n) is 29.1. The monoisotopic (exact) mass is 1210 g/mol. The lowest BCUT2D eigenvalue weighted by Gasteiger charge is -2.10. The zero-order chi connectivity index (χ0) is 58.4. The summed E-state index contributed by atoms with van der Waals surface area (Å²) in [6.07, 6.45) is 11.1. The van der Waals surface area contributed by atoms with Crippen molar-refractivity contribution in [3.8, 4) is 34.1 Å². The van der Waals surface area contributed by atoms with E-state index in [1.165, 1.54) is 76.2 Å². The first kappa shape index (κ1) is 51.3. The molecule has 0 spiro atoms. The van der Waals surface area contributed by atoms with Crippen LogP contribution in [0.3, 0.4) is 0 Å². The molecule has 10 aromatic carbocycles. The molecule has 416 valence electrons. The number of H-pyrrole nitrogens is 1. The van der Waals surface area contributed by atoms with Crippen molar-refractivity contribution < 1.29 is 0 Å². The van der Waals surface area contributed by atoms with E-state index in [4.69, 9.17) is 21.6 Å². The van der Waals surface area contributed by atoms with E-state index in [0.29, 0.717) is 9.63 Å². The minimum Gasteiger partial charge on any atom is -0.345 e. The molecule has 19 aromatic rings. The smallest absolute Gasteiger partial charge is 0.145 e. The van der Waals surface area contributed by atoms with Crippen LogP contribution in [0.5, 0.6) is 0 Å². The van der Waals surface area contributed by atoms with E-state index < -0.39 is 0 Å². The Morgan fingerprint density at radius 2 is 0.852 bits per heavy atom. The average Bonchev–Trinajstić information content (AvgIpc) is 1.57. The molecular formula is C76H48BrClN10. The van der Waals surface area contributed by atoms with Gasteiger partial charge in [0, 0.05) is 119 Å². The summed E-state index contributed by atoms with van der Waals surface area (Å²) >= 11 is 8.75. The van der Waals surface area contributed by atoms with Gasteiger partial charge in [0.2, 0.25) is 0 Å². The Hall–Kier alpha value is -11.1. The normalized spacial score (nSPS) is 11.8. The van der Waals surface area contributed by atoms with Gasteiger partial charge in [0.1, 0.15) is 16.1 Å². The molecular weight excluding hydrogens is 1170 g/mol. The van der Waals surface area contributed by atoms with Gasteiger partial charge in [-0.3, -0.25) is 9.38 Å². The number of benzene rings is 10. The number of imidazole rings is 2. The molecule has 0 aliphatic heterocycles. The number of pyridine rings is 3. The maximum absolute atomic E-state index is 5.60. The van der Waals surface area contributed by atoms with Gasteiger partial charge in [-0.2, -0.15) is 0 Å². The lowest BCUT2D eigenvalue weighted by molar-refractivity contribution is 1.17. The third kappa shape index (κ3) is 8.08. The second kappa shape index (κ2) is 20.8. The van der Waals surface area contributed by atoms with Crippen LogP contribution < -0.4 is 0 Å². The molecule has 10 nitrogen and oxygen atoms in total.